The molecule has 2 aromatic carbocycles. The SMILES string of the molecule is CN1CCc2c(Cl)ccc3oc(CNc4nc5ccccc5s4)c(c23)C1. The molecular weight excluding hydrogens is 366 g/mol. The van der Waals surface area contributed by atoms with Crippen LogP contribution in [-0.4, -0.2) is 23.5 Å². The zero-order valence-electron chi connectivity index (χ0n) is 14.4. The molecule has 0 radical (unpaired) electrons. The Kier molecular flexibility index (Phi) is 3.89. The van der Waals surface area contributed by atoms with Crippen molar-refractivity contribution in [3.63, 3.8) is 0 Å². The molecule has 0 saturated heterocycles. The molecule has 0 spiro atoms. The van der Waals surface area contributed by atoms with E-state index in [1.807, 2.05) is 30.3 Å². The number of anilines is 1. The van der Waals surface area contributed by atoms with Crippen molar-refractivity contribution < 1.29 is 4.42 Å². The van der Waals surface area contributed by atoms with Gasteiger partial charge in [-0.25, -0.2) is 4.98 Å². The van der Waals surface area contributed by atoms with Gasteiger partial charge in [-0.1, -0.05) is 35.1 Å². The minimum absolute atomic E-state index is 0.620. The second-order valence-corrected chi connectivity index (χ2v) is 8.17. The molecule has 0 amide bonds. The first kappa shape index (κ1) is 16.1. The number of halogens is 1. The summed E-state index contributed by atoms with van der Waals surface area (Å²) in [5.74, 6) is 0.969. The number of hydrogen-bond acceptors (Lipinski definition) is 5. The summed E-state index contributed by atoms with van der Waals surface area (Å²) < 4.78 is 7.38. The molecule has 0 saturated carbocycles. The van der Waals surface area contributed by atoms with Crippen LogP contribution < -0.4 is 5.32 Å². The zero-order valence-corrected chi connectivity index (χ0v) is 16.0. The fraction of sp³-hybridized carbons (Fsp3) is 0.250. The summed E-state index contributed by atoms with van der Waals surface area (Å²) in [4.78, 5) is 6.97. The summed E-state index contributed by atoms with van der Waals surface area (Å²) >= 11 is 8.14. The number of rotatable bonds is 3. The van der Waals surface area contributed by atoms with Crippen LogP contribution in [0.4, 0.5) is 5.13 Å². The van der Waals surface area contributed by atoms with Gasteiger partial charge in [0, 0.05) is 29.1 Å². The van der Waals surface area contributed by atoms with Gasteiger partial charge >= 0.3 is 0 Å². The van der Waals surface area contributed by atoms with Crippen molar-refractivity contribution in [1.82, 2.24) is 9.88 Å². The Labute approximate surface area is 160 Å². The predicted molar refractivity (Wildman–Crippen MR) is 108 cm³/mol. The van der Waals surface area contributed by atoms with E-state index in [4.69, 9.17) is 16.0 Å². The maximum atomic E-state index is 6.47. The van der Waals surface area contributed by atoms with Gasteiger partial charge in [0.25, 0.3) is 0 Å². The third-order valence-electron chi connectivity index (χ3n) is 4.95. The summed E-state index contributed by atoms with van der Waals surface area (Å²) in [6.07, 6.45) is 0.948. The fourth-order valence-electron chi connectivity index (χ4n) is 3.66. The Morgan fingerprint density at radius 3 is 3.00 bits per heavy atom. The lowest BCUT2D eigenvalue weighted by atomic mass is 10.0. The number of nitrogens with one attached hydrogen (secondary N) is 1. The van der Waals surface area contributed by atoms with Crippen LogP contribution in [0, 0.1) is 0 Å². The summed E-state index contributed by atoms with van der Waals surface area (Å²) in [5, 5.41) is 6.39. The molecule has 0 atom stereocenters. The van der Waals surface area contributed by atoms with E-state index in [0.717, 1.165) is 46.5 Å². The molecule has 1 aliphatic rings. The van der Waals surface area contributed by atoms with Gasteiger partial charge in [0.15, 0.2) is 5.13 Å². The second kappa shape index (κ2) is 6.27. The molecule has 4 aromatic rings. The molecule has 1 aliphatic heterocycles. The Hall–Kier alpha value is -2.08. The normalized spacial score (nSPS) is 14.8. The lowest BCUT2D eigenvalue weighted by molar-refractivity contribution is 0.332. The van der Waals surface area contributed by atoms with E-state index < -0.39 is 0 Å². The molecule has 132 valence electrons. The number of nitrogens with zero attached hydrogens (tertiary/aromatic N) is 2. The largest absolute Gasteiger partial charge is 0.459 e. The van der Waals surface area contributed by atoms with Gasteiger partial charge in [0.1, 0.15) is 11.3 Å². The average molecular weight is 384 g/mol. The number of benzene rings is 2. The van der Waals surface area contributed by atoms with Crippen LogP contribution in [0.5, 0.6) is 0 Å². The highest BCUT2D eigenvalue weighted by Crippen LogP contribution is 2.36. The smallest absolute Gasteiger partial charge is 0.184 e. The maximum absolute atomic E-state index is 6.47. The third-order valence-corrected chi connectivity index (χ3v) is 6.30. The molecule has 0 bridgehead atoms. The van der Waals surface area contributed by atoms with Crippen LogP contribution >= 0.6 is 22.9 Å². The molecule has 0 unspecified atom stereocenters. The standard InChI is InChI=1S/C20H18ClN3OS/c1-24-9-8-12-14(21)6-7-16-19(12)13(11-24)17(25-16)10-22-20-23-15-4-2-3-5-18(15)26-20/h2-7H,8-11H2,1H3,(H,22,23). The minimum Gasteiger partial charge on any atom is -0.459 e. The summed E-state index contributed by atoms with van der Waals surface area (Å²) in [6.45, 7) is 2.49. The molecule has 6 heteroatoms. The van der Waals surface area contributed by atoms with Gasteiger partial charge in [0.2, 0.25) is 0 Å². The highest BCUT2D eigenvalue weighted by atomic mass is 35.5. The van der Waals surface area contributed by atoms with E-state index in [2.05, 4.69) is 28.3 Å². The van der Waals surface area contributed by atoms with Gasteiger partial charge in [-0.2, -0.15) is 0 Å². The van der Waals surface area contributed by atoms with Crippen molar-refractivity contribution in [2.45, 2.75) is 19.5 Å². The van der Waals surface area contributed by atoms with Crippen LogP contribution in [0.15, 0.2) is 40.8 Å². The number of likely N-dealkylation sites (N-methyl/N-ethyl adjacent to an activating group) is 1. The van der Waals surface area contributed by atoms with Crippen molar-refractivity contribution in [3.8, 4) is 0 Å². The predicted octanol–water partition coefficient (Wildman–Crippen LogP) is 5.30. The van der Waals surface area contributed by atoms with Crippen LogP contribution in [0.1, 0.15) is 16.9 Å². The maximum Gasteiger partial charge on any atom is 0.184 e. The van der Waals surface area contributed by atoms with Crippen molar-refractivity contribution >= 4 is 49.3 Å². The third kappa shape index (κ3) is 2.67. The summed E-state index contributed by atoms with van der Waals surface area (Å²) in [5.41, 5.74) is 4.40. The minimum atomic E-state index is 0.620. The lowest BCUT2D eigenvalue weighted by Crippen LogP contribution is -2.19. The first-order valence-electron chi connectivity index (χ1n) is 8.68. The number of aromatic nitrogens is 1. The van der Waals surface area contributed by atoms with E-state index in [1.165, 1.54) is 21.2 Å². The number of furan rings is 1. The molecule has 0 fully saturated rings. The molecular formula is C20H18ClN3OS. The molecule has 26 heavy (non-hydrogen) atoms. The highest BCUT2D eigenvalue weighted by Gasteiger charge is 2.23. The number of para-hydroxylation sites is 1. The highest BCUT2D eigenvalue weighted by molar-refractivity contribution is 7.22. The number of fused-ring (bicyclic) bond motifs is 1. The second-order valence-electron chi connectivity index (χ2n) is 6.73. The van der Waals surface area contributed by atoms with E-state index in [9.17, 15) is 0 Å². The van der Waals surface area contributed by atoms with Crippen LogP contribution in [0.25, 0.3) is 21.2 Å². The van der Waals surface area contributed by atoms with Crippen LogP contribution in [0.2, 0.25) is 5.02 Å². The van der Waals surface area contributed by atoms with Crippen molar-refractivity contribution in [3.05, 3.63) is 58.3 Å². The fourth-order valence-corrected chi connectivity index (χ4v) is 4.77. The zero-order chi connectivity index (χ0) is 17.7. The monoisotopic (exact) mass is 383 g/mol. The van der Waals surface area contributed by atoms with Gasteiger partial charge < -0.3 is 14.6 Å². The quantitative estimate of drug-likeness (QED) is 0.521. The van der Waals surface area contributed by atoms with E-state index in [0.29, 0.717) is 6.54 Å². The van der Waals surface area contributed by atoms with Crippen molar-refractivity contribution in [1.29, 1.82) is 0 Å². The first-order valence-corrected chi connectivity index (χ1v) is 9.88. The summed E-state index contributed by atoms with van der Waals surface area (Å²) in [7, 11) is 2.14. The van der Waals surface area contributed by atoms with Gasteiger partial charge in [0.05, 0.1) is 16.8 Å². The van der Waals surface area contributed by atoms with Crippen molar-refractivity contribution in [2.75, 3.05) is 18.9 Å². The van der Waals surface area contributed by atoms with Gasteiger partial charge in [-0.15, -0.1) is 0 Å². The lowest BCUT2D eigenvalue weighted by Gasteiger charge is -2.13. The molecule has 2 aromatic heterocycles. The molecule has 0 aliphatic carbocycles. The van der Waals surface area contributed by atoms with Gasteiger partial charge in [-0.3, -0.25) is 0 Å². The molecule has 5 rings (SSSR count). The van der Waals surface area contributed by atoms with E-state index >= 15 is 0 Å². The molecule has 3 heterocycles. The number of hydrogen-bond donors (Lipinski definition) is 1. The van der Waals surface area contributed by atoms with E-state index in [1.54, 1.807) is 11.3 Å². The van der Waals surface area contributed by atoms with Crippen molar-refractivity contribution in [2.24, 2.45) is 0 Å². The van der Waals surface area contributed by atoms with Crippen LogP contribution in [0.3, 0.4) is 0 Å². The molecule has 1 N–H and O–H groups in total. The van der Waals surface area contributed by atoms with Gasteiger partial charge in [-0.05, 0) is 43.3 Å². The Balaban J connectivity index is 1.52. The Morgan fingerprint density at radius 2 is 2.12 bits per heavy atom. The average Bonchev–Trinajstić information content (AvgIpc) is 3.15. The Morgan fingerprint density at radius 1 is 1.23 bits per heavy atom. The Bertz CT molecular complexity index is 1080. The topological polar surface area (TPSA) is 41.3 Å². The van der Waals surface area contributed by atoms with Crippen LogP contribution in [-0.2, 0) is 19.5 Å². The molecule has 4 nitrogen and oxygen atoms in total. The first-order chi connectivity index (χ1) is 12.7. The summed E-state index contributed by atoms with van der Waals surface area (Å²) in [6, 6.07) is 12.1. The van der Waals surface area contributed by atoms with E-state index in [-0.39, 0.29) is 0 Å². The number of thiazole rings is 1.